The quantitative estimate of drug-likeness (QED) is 0.816. The van der Waals surface area contributed by atoms with Crippen LogP contribution in [0.2, 0.25) is 5.02 Å². The zero-order valence-electron chi connectivity index (χ0n) is 11.2. The minimum Gasteiger partial charge on any atom is -0.497 e. The Hall–Kier alpha value is -1.64. The molecule has 0 aliphatic carbocycles. The van der Waals surface area contributed by atoms with E-state index in [-0.39, 0.29) is 0 Å². The van der Waals surface area contributed by atoms with Crippen LogP contribution >= 0.6 is 19.1 Å². The monoisotopic (exact) mass is 311 g/mol. The molecular weight excluding hydrogens is 297 g/mol. The Kier molecular flexibility index (Phi) is 4.58. The van der Waals surface area contributed by atoms with E-state index >= 15 is 0 Å². The summed E-state index contributed by atoms with van der Waals surface area (Å²) in [5.74, 6) is 1.24. The van der Waals surface area contributed by atoms with Gasteiger partial charge in [-0.05, 0) is 48.5 Å². The molecule has 106 valence electrons. The highest BCUT2D eigenvalue weighted by Crippen LogP contribution is 2.43. The van der Waals surface area contributed by atoms with Crippen molar-refractivity contribution in [2.45, 2.75) is 0 Å². The van der Waals surface area contributed by atoms with E-state index in [1.807, 2.05) is 0 Å². The highest BCUT2D eigenvalue weighted by Gasteiger charge is 2.17. The van der Waals surface area contributed by atoms with Crippen molar-refractivity contribution >= 4 is 24.8 Å². The van der Waals surface area contributed by atoms with E-state index in [1.54, 1.807) is 55.6 Å². The van der Waals surface area contributed by atoms with E-state index in [4.69, 9.17) is 20.9 Å². The lowest BCUT2D eigenvalue weighted by molar-refractivity contribution is 0.415. The second-order valence-corrected chi connectivity index (χ2v) is 6.77. The first kappa shape index (κ1) is 14.8. The van der Waals surface area contributed by atoms with Crippen LogP contribution in [0.25, 0.3) is 0 Å². The maximum Gasteiger partial charge on any atom is 0.338 e. The molecule has 0 fully saturated rings. The summed E-state index contributed by atoms with van der Waals surface area (Å²) in [5.41, 5.74) is 0.700. The molecule has 0 aliphatic heterocycles. The van der Waals surface area contributed by atoms with Gasteiger partial charge in [-0.1, -0.05) is 11.6 Å². The Bertz CT molecular complexity index is 613. The largest absolute Gasteiger partial charge is 0.497 e. The minimum absolute atomic E-state index is 0.501. The van der Waals surface area contributed by atoms with Crippen LogP contribution in [0.15, 0.2) is 48.5 Å². The SMILES string of the molecule is COc1ccc(N[P@@](C)(=O)Oc2ccc(Cl)cc2)cc1. The molecule has 0 aromatic heterocycles. The van der Waals surface area contributed by atoms with Gasteiger partial charge in [0.15, 0.2) is 0 Å². The summed E-state index contributed by atoms with van der Waals surface area (Å²) in [6.45, 7) is 1.52. The average Bonchev–Trinajstić information content (AvgIpc) is 2.41. The van der Waals surface area contributed by atoms with Gasteiger partial charge >= 0.3 is 7.52 Å². The van der Waals surface area contributed by atoms with Crippen molar-refractivity contribution in [3.05, 3.63) is 53.6 Å². The van der Waals surface area contributed by atoms with Gasteiger partial charge in [-0.25, -0.2) is 0 Å². The van der Waals surface area contributed by atoms with Gasteiger partial charge < -0.3 is 14.3 Å². The fourth-order valence-electron chi connectivity index (χ4n) is 1.62. The van der Waals surface area contributed by atoms with Gasteiger partial charge in [-0.2, -0.15) is 0 Å². The highest BCUT2D eigenvalue weighted by atomic mass is 35.5. The maximum atomic E-state index is 12.4. The Morgan fingerprint density at radius 3 is 2.10 bits per heavy atom. The van der Waals surface area contributed by atoms with Crippen LogP contribution in [-0.2, 0) is 4.57 Å². The zero-order valence-corrected chi connectivity index (χ0v) is 12.8. The summed E-state index contributed by atoms with van der Waals surface area (Å²) >= 11 is 5.79. The molecule has 1 atom stereocenters. The summed E-state index contributed by atoms with van der Waals surface area (Å²) in [4.78, 5) is 0. The molecule has 0 spiro atoms. The lowest BCUT2D eigenvalue weighted by Gasteiger charge is -2.17. The van der Waals surface area contributed by atoms with Crippen molar-refractivity contribution in [2.24, 2.45) is 0 Å². The normalized spacial score (nSPS) is 13.3. The standard InChI is InChI=1S/C14H15ClNO3P/c1-18-13-9-5-12(6-10-13)16-20(2,17)19-14-7-3-11(15)4-8-14/h3-10H,1-2H3,(H,16,17)/t20-/m0/s1. The minimum atomic E-state index is -3.01. The first-order valence-corrected chi connectivity index (χ1v) is 8.38. The molecule has 0 heterocycles. The van der Waals surface area contributed by atoms with E-state index in [0.717, 1.165) is 5.75 Å². The van der Waals surface area contributed by atoms with Gasteiger partial charge in [0.05, 0.1) is 7.11 Å². The van der Waals surface area contributed by atoms with Gasteiger partial charge in [0, 0.05) is 17.4 Å². The number of nitrogens with one attached hydrogen (secondary N) is 1. The van der Waals surface area contributed by atoms with Gasteiger partial charge in [-0.15, -0.1) is 0 Å². The molecule has 0 amide bonds. The van der Waals surface area contributed by atoms with Crippen molar-refractivity contribution in [1.29, 1.82) is 0 Å². The smallest absolute Gasteiger partial charge is 0.338 e. The molecule has 0 radical (unpaired) electrons. The van der Waals surface area contributed by atoms with Crippen molar-refractivity contribution in [3.8, 4) is 11.5 Å². The third kappa shape index (κ3) is 4.19. The Morgan fingerprint density at radius 2 is 1.55 bits per heavy atom. The van der Waals surface area contributed by atoms with E-state index in [0.29, 0.717) is 16.5 Å². The van der Waals surface area contributed by atoms with Gasteiger partial charge in [0.1, 0.15) is 11.5 Å². The molecule has 0 saturated carbocycles. The second-order valence-electron chi connectivity index (χ2n) is 4.23. The summed E-state index contributed by atoms with van der Waals surface area (Å²) in [5, 5.41) is 3.48. The van der Waals surface area contributed by atoms with Crippen LogP contribution in [0.3, 0.4) is 0 Å². The molecule has 2 rings (SSSR count). The summed E-state index contributed by atoms with van der Waals surface area (Å²) in [6, 6.07) is 13.8. The number of ether oxygens (including phenoxy) is 1. The highest BCUT2D eigenvalue weighted by molar-refractivity contribution is 7.60. The van der Waals surface area contributed by atoms with Crippen LogP contribution in [0, 0.1) is 0 Å². The van der Waals surface area contributed by atoms with Crippen molar-refractivity contribution in [1.82, 2.24) is 0 Å². The Labute approximate surface area is 123 Å². The Balaban J connectivity index is 2.06. The number of rotatable bonds is 5. The molecule has 0 bridgehead atoms. The molecule has 1 N–H and O–H groups in total. The number of benzene rings is 2. The molecule has 4 nitrogen and oxygen atoms in total. The molecule has 0 aliphatic rings. The van der Waals surface area contributed by atoms with E-state index in [9.17, 15) is 4.57 Å². The van der Waals surface area contributed by atoms with E-state index in [2.05, 4.69) is 5.09 Å². The molecule has 6 heteroatoms. The van der Waals surface area contributed by atoms with Crippen molar-refractivity contribution in [2.75, 3.05) is 18.9 Å². The average molecular weight is 312 g/mol. The summed E-state index contributed by atoms with van der Waals surface area (Å²) in [7, 11) is -1.41. The molecule has 2 aromatic rings. The third-order valence-electron chi connectivity index (χ3n) is 2.52. The second kappa shape index (κ2) is 6.21. The van der Waals surface area contributed by atoms with E-state index < -0.39 is 7.52 Å². The third-order valence-corrected chi connectivity index (χ3v) is 3.99. The first-order valence-electron chi connectivity index (χ1n) is 5.93. The lowest BCUT2D eigenvalue weighted by atomic mass is 10.3. The van der Waals surface area contributed by atoms with Crippen LogP contribution in [-0.4, -0.2) is 13.8 Å². The predicted octanol–water partition coefficient (Wildman–Crippen LogP) is 4.66. The van der Waals surface area contributed by atoms with Crippen molar-refractivity contribution < 1.29 is 13.8 Å². The molecule has 2 aromatic carbocycles. The van der Waals surface area contributed by atoms with Crippen LogP contribution in [0.1, 0.15) is 0 Å². The molecule has 20 heavy (non-hydrogen) atoms. The fourth-order valence-corrected chi connectivity index (χ4v) is 2.93. The zero-order chi connectivity index (χ0) is 14.6. The molecular formula is C14H15ClNO3P. The van der Waals surface area contributed by atoms with E-state index in [1.165, 1.54) is 6.66 Å². The van der Waals surface area contributed by atoms with Crippen LogP contribution in [0.5, 0.6) is 11.5 Å². The molecule has 0 unspecified atom stereocenters. The lowest BCUT2D eigenvalue weighted by Crippen LogP contribution is -2.02. The number of anilines is 1. The number of hydrogen-bond acceptors (Lipinski definition) is 3. The molecule has 0 saturated heterocycles. The van der Waals surface area contributed by atoms with Crippen LogP contribution < -0.4 is 14.3 Å². The van der Waals surface area contributed by atoms with Gasteiger partial charge in [0.2, 0.25) is 0 Å². The fraction of sp³-hybridized carbons (Fsp3) is 0.143. The Morgan fingerprint density at radius 1 is 1.00 bits per heavy atom. The predicted molar refractivity (Wildman–Crippen MR) is 82.2 cm³/mol. The van der Waals surface area contributed by atoms with Gasteiger partial charge in [-0.3, -0.25) is 4.57 Å². The van der Waals surface area contributed by atoms with Crippen LogP contribution in [0.4, 0.5) is 5.69 Å². The summed E-state index contributed by atoms with van der Waals surface area (Å²) < 4.78 is 22.9. The first-order chi connectivity index (χ1) is 9.48. The number of halogens is 1. The topological polar surface area (TPSA) is 47.6 Å². The number of methoxy groups -OCH3 is 1. The summed E-state index contributed by atoms with van der Waals surface area (Å²) in [6.07, 6.45) is 0. The number of hydrogen-bond donors (Lipinski definition) is 1. The maximum absolute atomic E-state index is 12.4. The van der Waals surface area contributed by atoms with Crippen molar-refractivity contribution in [3.63, 3.8) is 0 Å². The van der Waals surface area contributed by atoms with Gasteiger partial charge in [0.25, 0.3) is 0 Å².